The highest BCUT2D eigenvalue weighted by Crippen LogP contribution is 2.06. The van der Waals surface area contributed by atoms with E-state index in [1.54, 1.807) is 23.8 Å². The maximum Gasteiger partial charge on any atom is 0.319 e. The fourth-order valence-corrected chi connectivity index (χ4v) is 1.20. The van der Waals surface area contributed by atoms with Gasteiger partial charge < -0.3 is 14.9 Å². The number of carboxylic acid groups (broad SMARTS) is 1. The summed E-state index contributed by atoms with van der Waals surface area (Å²) >= 11 is 0. The summed E-state index contributed by atoms with van der Waals surface area (Å²) in [4.78, 5) is 25.8. The van der Waals surface area contributed by atoms with E-state index in [2.05, 4.69) is 0 Å². The van der Waals surface area contributed by atoms with Crippen LogP contribution < -0.4 is 0 Å². The van der Waals surface area contributed by atoms with Crippen molar-refractivity contribution in [3.8, 4) is 0 Å². The first kappa shape index (κ1) is 14.7. The maximum absolute atomic E-state index is 11.9. The molecule has 0 radical (unpaired) electrons. The van der Waals surface area contributed by atoms with Crippen LogP contribution in [-0.2, 0) is 4.79 Å². The maximum atomic E-state index is 11.9. The van der Waals surface area contributed by atoms with Crippen LogP contribution in [0.2, 0.25) is 0 Å². The first-order chi connectivity index (χ1) is 7.31. The zero-order valence-corrected chi connectivity index (χ0v) is 10.7. The fraction of sp³-hybridized carbons (Fsp3) is 0.818. The molecule has 0 aliphatic rings. The zero-order chi connectivity index (χ0) is 12.9. The first-order valence-electron chi connectivity index (χ1n) is 5.55. The molecule has 0 rings (SSSR count). The summed E-state index contributed by atoms with van der Waals surface area (Å²) in [5.74, 6) is -1.41. The van der Waals surface area contributed by atoms with Gasteiger partial charge in [0.25, 0.3) is 0 Å². The van der Waals surface area contributed by atoms with Gasteiger partial charge in [-0.2, -0.15) is 0 Å². The second-order valence-corrected chi connectivity index (χ2v) is 4.27. The van der Waals surface area contributed by atoms with Crippen LogP contribution in [-0.4, -0.2) is 53.1 Å². The van der Waals surface area contributed by atoms with Crippen LogP contribution in [0.4, 0.5) is 4.79 Å². The number of rotatable bonds is 5. The van der Waals surface area contributed by atoms with Crippen molar-refractivity contribution < 1.29 is 14.7 Å². The Morgan fingerprint density at radius 3 is 2.06 bits per heavy atom. The Balaban J connectivity index is 4.50. The van der Waals surface area contributed by atoms with Gasteiger partial charge in [-0.25, -0.2) is 4.79 Å². The number of amides is 2. The van der Waals surface area contributed by atoms with Crippen molar-refractivity contribution in [3.63, 3.8) is 0 Å². The van der Waals surface area contributed by atoms with E-state index < -0.39 is 11.9 Å². The van der Waals surface area contributed by atoms with Gasteiger partial charge in [0.2, 0.25) is 0 Å². The second-order valence-electron chi connectivity index (χ2n) is 4.27. The highest BCUT2D eigenvalue weighted by Gasteiger charge is 2.22. The summed E-state index contributed by atoms with van der Waals surface area (Å²) in [7, 11) is 1.72. The average molecular weight is 230 g/mol. The van der Waals surface area contributed by atoms with Crippen LogP contribution in [0.3, 0.4) is 0 Å². The molecule has 0 saturated carbocycles. The van der Waals surface area contributed by atoms with Crippen molar-refractivity contribution in [1.82, 2.24) is 9.80 Å². The molecule has 0 bridgehead atoms. The van der Waals surface area contributed by atoms with Crippen molar-refractivity contribution in [3.05, 3.63) is 0 Å². The molecule has 1 atom stereocenters. The molecular formula is C11H22N2O3. The Bertz CT molecular complexity index is 254. The average Bonchev–Trinajstić information content (AvgIpc) is 2.22. The highest BCUT2D eigenvalue weighted by atomic mass is 16.4. The highest BCUT2D eigenvalue weighted by molar-refractivity contribution is 5.76. The fourth-order valence-electron chi connectivity index (χ4n) is 1.20. The van der Waals surface area contributed by atoms with Gasteiger partial charge in [-0.1, -0.05) is 6.92 Å². The molecule has 94 valence electrons. The van der Waals surface area contributed by atoms with Gasteiger partial charge in [0.15, 0.2) is 0 Å². The van der Waals surface area contributed by atoms with E-state index in [0.717, 1.165) is 0 Å². The molecule has 2 amide bonds. The molecule has 0 aromatic rings. The normalized spacial score (nSPS) is 12.4. The van der Waals surface area contributed by atoms with Gasteiger partial charge in [-0.05, 0) is 20.8 Å². The molecule has 0 fully saturated rings. The minimum absolute atomic E-state index is 0.113. The van der Waals surface area contributed by atoms with Crippen LogP contribution >= 0.6 is 0 Å². The van der Waals surface area contributed by atoms with E-state index in [1.165, 1.54) is 0 Å². The molecule has 0 heterocycles. The Labute approximate surface area is 97.0 Å². The molecule has 0 aliphatic heterocycles. The number of hydrogen-bond donors (Lipinski definition) is 1. The van der Waals surface area contributed by atoms with Gasteiger partial charge in [0.05, 0.1) is 5.92 Å². The molecule has 1 unspecified atom stereocenters. The number of hydrogen-bond acceptors (Lipinski definition) is 2. The summed E-state index contributed by atoms with van der Waals surface area (Å²) in [5.41, 5.74) is 0. The zero-order valence-electron chi connectivity index (χ0n) is 10.7. The third-order valence-electron chi connectivity index (χ3n) is 2.64. The molecule has 0 spiro atoms. The lowest BCUT2D eigenvalue weighted by atomic mass is 10.2. The SMILES string of the molecule is CCN(CC(C)C(=O)O)C(=O)N(C)C(C)C. The number of carbonyl (C=O) groups is 2. The number of carboxylic acids is 1. The van der Waals surface area contributed by atoms with Crippen LogP contribution in [0.5, 0.6) is 0 Å². The lowest BCUT2D eigenvalue weighted by molar-refractivity contribution is -0.141. The quantitative estimate of drug-likeness (QED) is 0.778. The van der Waals surface area contributed by atoms with Crippen LogP contribution in [0.25, 0.3) is 0 Å². The van der Waals surface area contributed by atoms with Gasteiger partial charge >= 0.3 is 12.0 Å². The lowest BCUT2D eigenvalue weighted by Gasteiger charge is -2.30. The van der Waals surface area contributed by atoms with Crippen molar-refractivity contribution in [2.75, 3.05) is 20.1 Å². The molecule has 0 aromatic carbocycles. The van der Waals surface area contributed by atoms with Crippen LogP contribution in [0.1, 0.15) is 27.7 Å². The van der Waals surface area contributed by atoms with E-state index in [9.17, 15) is 9.59 Å². The minimum atomic E-state index is -0.876. The molecule has 0 aliphatic carbocycles. The molecule has 16 heavy (non-hydrogen) atoms. The van der Waals surface area contributed by atoms with Gasteiger partial charge in [0, 0.05) is 26.2 Å². The first-order valence-corrected chi connectivity index (χ1v) is 5.55. The van der Waals surface area contributed by atoms with Gasteiger partial charge in [-0.3, -0.25) is 4.79 Å². The topological polar surface area (TPSA) is 60.9 Å². The van der Waals surface area contributed by atoms with Crippen LogP contribution in [0.15, 0.2) is 0 Å². The largest absolute Gasteiger partial charge is 0.481 e. The smallest absolute Gasteiger partial charge is 0.319 e. The van der Waals surface area contributed by atoms with E-state index in [0.29, 0.717) is 6.54 Å². The summed E-state index contributed by atoms with van der Waals surface area (Å²) in [6, 6.07) is -0.00714. The van der Waals surface area contributed by atoms with E-state index >= 15 is 0 Å². The number of nitrogens with zero attached hydrogens (tertiary/aromatic N) is 2. The Hall–Kier alpha value is -1.26. The Morgan fingerprint density at radius 1 is 1.25 bits per heavy atom. The van der Waals surface area contributed by atoms with Crippen molar-refractivity contribution in [2.45, 2.75) is 33.7 Å². The van der Waals surface area contributed by atoms with Crippen molar-refractivity contribution in [1.29, 1.82) is 0 Å². The lowest BCUT2D eigenvalue weighted by Crippen LogP contribution is -2.46. The third kappa shape index (κ3) is 4.08. The van der Waals surface area contributed by atoms with Crippen molar-refractivity contribution >= 4 is 12.0 Å². The summed E-state index contributed by atoms with van der Waals surface area (Å²) in [6.07, 6.45) is 0. The predicted octanol–water partition coefficient (Wildman–Crippen LogP) is 1.49. The molecule has 0 aromatic heterocycles. The van der Waals surface area contributed by atoms with E-state index in [-0.39, 0.29) is 18.6 Å². The predicted molar refractivity (Wildman–Crippen MR) is 62.3 cm³/mol. The van der Waals surface area contributed by atoms with Gasteiger partial charge in [-0.15, -0.1) is 0 Å². The Morgan fingerprint density at radius 2 is 1.75 bits per heavy atom. The van der Waals surface area contributed by atoms with Crippen LogP contribution in [0, 0.1) is 5.92 Å². The second kappa shape index (κ2) is 6.35. The standard InChI is InChI=1S/C11H22N2O3/c1-6-13(7-9(4)10(14)15)11(16)12(5)8(2)3/h8-9H,6-7H2,1-5H3,(H,14,15). The molecule has 5 nitrogen and oxygen atoms in total. The van der Waals surface area contributed by atoms with Crippen molar-refractivity contribution in [2.24, 2.45) is 5.92 Å². The minimum Gasteiger partial charge on any atom is -0.481 e. The molecular weight excluding hydrogens is 208 g/mol. The van der Waals surface area contributed by atoms with Gasteiger partial charge in [0.1, 0.15) is 0 Å². The number of carbonyl (C=O) groups excluding carboxylic acids is 1. The molecule has 1 N–H and O–H groups in total. The summed E-state index contributed by atoms with van der Waals surface area (Å²) in [5, 5.41) is 8.80. The summed E-state index contributed by atoms with van der Waals surface area (Å²) in [6.45, 7) is 8.07. The monoisotopic (exact) mass is 230 g/mol. The molecule has 5 heteroatoms. The number of urea groups is 1. The van der Waals surface area contributed by atoms with E-state index in [4.69, 9.17) is 5.11 Å². The number of aliphatic carboxylic acids is 1. The Kier molecular flexibility index (Phi) is 5.85. The summed E-state index contributed by atoms with van der Waals surface area (Å²) < 4.78 is 0. The van der Waals surface area contributed by atoms with E-state index in [1.807, 2.05) is 20.8 Å². The molecule has 0 saturated heterocycles. The third-order valence-corrected chi connectivity index (χ3v) is 2.64.